The van der Waals surface area contributed by atoms with Gasteiger partial charge in [-0.1, -0.05) is 167 Å². The Bertz CT molecular complexity index is 243. The Morgan fingerprint density at radius 3 is 0.633 bits per heavy atom. The minimum atomic E-state index is 0. The molecule has 180 valence electrons. The van der Waals surface area contributed by atoms with Gasteiger partial charge in [-0.05, 0) is 6.42 Å². The first-order chi connectivity index (χ1) is 14.4. The molecule has 0 rings (SSSR count). The molecule has 0 saturated carbocycles. The molecular weight excluding hydrogens is 392 g/mol. The average Bonchev–Trinajstić information content (AvgIpc) is 2.74. The fourth-order valence-corrected chi connectivity index (χ4v) is 4.43. The summed E-state index contributed by atoms with van der Waals surface area (Å²) < 4.78 is 0. The summed E-state index contributed by atoms with van der Waals surface area (Å²) >= 11 is 0. The molecule has 0 spiro atoms. The zero-order valence-electron chi connectivity index (χ0n) is 20.5. The molecule has 0 radical (unpaired) electrons. The SMILES string of the molecule is CCCCCCCCCCCCCCCCCCCCCCCCCCCCO.[CaH2]. The van der Waals surface area contributed by atoms with Crippen molar-refractivity contribution >= 4 is 37.7 Å². The molecular formula is C28H60CaO. The second-order valence-corrected chi connectivity index (χ2v) is 9.56. The summed E-state index contributed by atoms with van der Waals surface area (Å²) in [5, 5.41) is 8.75. The van der Waals surface area contributed by atoms with Crippen LogP contribution in [0, 0.1) is 0 Å². The third-order valence-electron chi connectivity index (χ3n) is 6.51. The summed E-state index contributed by atoms with van der Waals surface area (Å²) in [5.74, 6) is 0. The molecule has 0 aliphatic heterocycles. The molecule has 30 heavy (non-hydrogen) atoms. The van der Waals surface area contributed by atoms with Gasteiger partial charge in [0.05, 0.1) is 0 Å². The average molecular weight is 453 g/mol. The van der Waals surface area contributed by atoms with Crippen molar-refractivity contribution in [2.24, 2.45) is 0 Å². The number of aliphatic hydroxyl groups excluding tert-OH is 1. The topological polar surface area (TPSA) is 20.2 Å². The number of hydrogen-bond acceptors (Lipinski definition) is 1. The summed E-state index contributed by atoms with van der Waals surface area (Å²) in [7, 11) is 0. The van der Waals surface area contributed by atoms with Crippen molar-refractivity contribution in [3.05, 3.63) is 0 Å². The van der Waals surface area contributed by atoms with Gasteiger partial charge in [0.1, 0.15) is 0 Å². The molecule has 1 N–H and O–H groups in total. The van der Waals surface area contributed by atoms with Crippen LogP contribution in [0.1, 0.15) is 174 Å². The molecule has 0 aromatic carbocycles. The van der Waals surface area contributed by atoms with Gasteiger partial charge in [-0.3, -0.25) is 0 Å². The van der Waals surface area contributed by atoms with E-state index in [0.29, 0.717) is 6.61 Å². The van der Waals surface area contributed by atoms with Crippen molar-refractivity contribution in [2.45, 2.75) is 174 Å². The second-order valence-electron chi connectivity index (χ2n) is 9.56. The number of unbranched alkanes of at least 4 members (excludes halogenated alkanes) is 25. The third kappa shape index (κ3) is 31.4. The molecule has 0 heterocycles. The molecule has 2 heteroatoms. The molecule has 1 nitrogen and oxygen atoms in total. The molecule has 0 bridgehead atoms. The van der Waals surface area contributed by atoms with E-state index in [1.54, 1.807) is 0 Å². The van der Waals surface area contributed by atoms with Crippen molar-refractivity contribution in [3.63, 3.8) is 0 Å². The Labute approximate surface area is 222 Å². The van der Waals surface area contributed by atoms with Gasteiger partial charge in [0.25, 0.3) is 0 Å². The van der Waals surface area contributed by atoms with E-state index in [-0.39, 0.29) is 37.7 Å². The van der Waals surface area contributed by atoms with E-state index in [1.807, 2.05) is 0 Å². The predicted molar refractivity (Wildman–Crippen MR) is 141 cm³/mol. The minimum absolute atomic E-state index is 0. The van der Waals surface area contributed by atoms with Crippen molar-refractivity contribution < 1.29 is 5.11 Å². The number of rotatable bonds is 26. The fourth-order valence-electron chi connectivity index (χ4n) is 4.43. The van der Waals surface area contributed by atoms with Crippen LogP contribution in [0.5, 0.6) is 0 Å². The molecule has 0 aliphatic rings. The Hall–Kier alpha value is 1.22. The first-order valence-corrected chi connectivity index (χ1v) is 14.0. The van der Waals surface area contributed by atoms with E-state index in [4.69, 9.17) is 5.11 Å². The van der Waals surface area contributed by atoms with Crippen LogP contribution in [0.3, 0.4) is 0 Å². The van der Waals surface area contributed by atoms with Crippen LogP contribution < -0.4 is 0 Å². The molecule has 0 aliphatic carbocycles. The van der Waals surface area contributed by atoms with Crippen molar-refractivity contribution in [3.8, 4) is 0 Å². The third-order valence-corrected chi connectivity index (χ3v) is 6.51. The van der Waals surface area contributed by atoms with Gasteiger partial charge in [-0.15, -0.1) is 0 Å². The standard InChI is InChI=1S/C28H58O.Ca.2H/c1-2-3-4-5-6-7-8-9-10-11-12-13-14-15-16-17-18-19-20-21-22-23-24-25-26-27-28-29;;;/h29H,2-28H2,1H3;;;. The molecule has 0 aromatic heterocycles. The van der Waals surface area contributed by atoms with E-state index in [2.05, 4.69) is 6.92 Å². The van der Waals surface area contributed by atoms with Gasteiger partial charge in [0, 0.05) is 6.61 Å². The van der Waals surface area contributed by atoms with Crippen molar-refractivity contribution in [1.82, 2.24) is 0 Å². The monoisotopic (exact) mass is 452 g/mol. The van der Waals surface area contributed by atoms with Gasteiger partial charge in [0.2, 0.25) is 0 Å². The van der Waals surface area contributed by atoms with E-state index in [1.165, 1.54) is 161 Å². The summed E-state index contributed by atoms with van der Waals surface area (Å²) in [6.45, 7) is 2.67. The Kier molecular flexibility index (Phi) is 36.1. The van der Waals surface area contributed by atoms with Crippen LogP contribution >= 0.6 is 0 Å². The van der Waals surface area contributed by atoms with Crippen molar-refractivity contribution in [2.75, 3.05) is 6.61 Å². The summed E-state index contributed by atoms with van der Waals surface area (Å²) in [5.41, 5.74) is 0. The van der Waals surface area contributed by atoms with E-state index < -0.39 is 0 Å². The van der Waals surface area contributed by atoms with Gasteiger partial charge in [-0.25, -0.2) is 0 Å². The zero-order chi connectivity index (χ0) is 21.1. The predicted octanol–water partition coefficient (Wildman–Crippen LogP) is 9.22. The zero-order valence-corrected chi connectivity index (χ0v) is 20.5. The van der Waals surface area contributed by atoms with E-state index in [9.17, 15) is 0 Å². The maximum absolute atomic E-state index is 8.75. The summed E-state index contributed by atoms with van der Waals surface area (Å²) in [6.07, 6.45) is 37.1. The second kappa shape index (κ2) is 32.4. The van der Waals surface area contributed by atoms with Crippen LogP contribution in [-0.2, 0) is 0 Å². The van der Waals surface area contributed by atoms with Gasteiger partial charge in [0.15, 0.2) is 0 Å². The van der Waals surface area contributed by atoms with E-state index >= 15 is 0 Å². The van der Waals surface area contributed by atoms with Crippen LogP contribution in [0.4, 0.5) is 0 Å². The molecule has 0 amide bonds. The Balaban J connectivity index is 0. The van der Waals surface area contributed by atoms with Crippen LogP contribution in [0.25, 0.3) is 0 Å². The Morgan fingerprint density at radius 2 is 0.467 bits per heavy atom. The molecule has 0 saturated heterocycles. The summed E-state index contributed by atoms with van der Waals surface area (Å²) in [6, 6.07) is 0. The fraction of sp³-hybridized carbons (Fsp3) is 1.00. The Morgan fingerprint density at radius 1 is 0.300 bits per heavy atom. The summed E-state index contributed by atoms with van der Waals surface area (Å²) in [4.78, 5) is 0. The van der Waals surface area contributed by atoms with Gasteiger partial charge >= 0.3 is 37.7 Å². The van der Waals surface area contributed by atoms with Crippen LogP contribution in [-0.4, -0.2) is 49.5 Å². The molecule has 0 unspecified atom stereocenters. The van der Waals surface area contributed by atoms with Crippen LogP contribution in [0.15, 0.2) is 0 Å². The quantitative estimate of drug-likeness (QED) is 0.102. The number of hydrogen-bond donors (Lipinski definition) is 1. The normalized spacial score (nSPS) is 11.0. The first kappa shape index (κ1) is 33.4. The van der Waals surface area contributed by atoms with Crippen molar-refractivity contribution in [1.29, 1.82) is 0 Å². The first-order valence-electron chi connectivity index (χ1n) is 14.0. The molecule has 0 aromatic rings. The van der Waals surface area contributed by atoms with Gasteiger partial charge < -0.3 is 5.11 Å². The van der Waals surface area contributed by atoms with Gasteiger partial charge in [-0.2, -0.15) is 0 Å². The van der Waals surface area contributed by atoms with Crippen LogP contribution in [0.2, 0.25) is 0 Å². The molecule has 0 atom stereocenters. The number of aliphatic hydroxyl groups is 1. The molecule has 0 fully saturated rings. The van der Waals surface area contributed by atoms with E-state index in [0.717, 1.165) is 6.42 Å². The maximum atomic E-state index is 8.75.